The Balaban J connectivity index is 0. The smallest absolute Gasteiger partial charge is 0.330 e. The number of aliphatic carboxylic acids is 2. The molecule has 0 saturated heterocycles. The number of carboxylic acids is 2. The molecule has 20 heavy (non-hydrogen) atoms. The van der Waals surface area contributed by atoms with Crippen molar-refractivity contribution in [1.82, 2.24) is 0 Å². The third kappa shape index (κ3) is 12.5. The van der Waals surface area contributed by atoms with Gasteiger partial charge in [-0.05, 0) is 13.3 Å². The van der Waals surface area contributed by atoms with Gasteiger partial charge < -0.3 is 19.4 Å². The van der Waals surface area contributed by atoms with Crippen LogP contribution >= 0.6 is 0 Å². The quantitative estimate of drug-likeness (QED) is 0.383. The molecule has 0 aliphatic heterocycles. The summed E-state index contributed by atoms with van der Waals surface area (Å²) in [4.78, 5) is 29.9. The lowest BCUT2D eigenvalue weighted by Crippen LogP contribution is -2.29. The van der Waals surface area contributed by atoms with Crippen molar-refractivity contribution in [2.45, 2.75) is 32.5 Å². The zero-order chi connectivity index (χ0) is 16.1. The van der Waals surface area contributed by atoms with Gasteiger partial charge in [-0.1, -0.05) is 13.5 Å². The Hall–Kier alpha value is -1.93. The molecular weight excluding hydrogens is 284 g/mol. The molecule has 0 aliphatic rings. The Bertz CT molecular complexity index is 349. The van der Waals surface area contributed by atoms with Crippen LogP contribution in [0.1, 0.15) is 20.3 Å². The molecule has 0 aromatic carbocycles. The van der Waals surface area contributed by atoms with Crippen molar-refractivity contribution < 1.29 is 33.8 Å². The molecule has 0 heterocycles. The van der Waals surface area contributed by atoms with Crippen molar-refractivity contribution in [3.63, 3.8) is 0 Å². The lowest BCUT2D eigenvalue weighted by atomic mass is 10.2. The molecule has 0 fully saturated rings. The summed E-state index contributed by atoms with van der Waals surface area (Å²) in [7, 11) is 0.660. The predicted octanol–water partition coefficient (Wildman–Crippen LogP) is -0.109. The SMILES string of the molecule is C=CC(=O)OC(CC)C(C)O[SiH3].O=C(O)/C=C\C(=O)O. The van der Waals surface area contributed by atoms with Crippen LogP contribution in [0.4, 0.5) is 0 Å². The van der Waals surface area contributed by atoms with Gasteiger partial charge >= 0.3 is 17.9 Å². The average Bonchev–Trinajstić information content (AvgIpc) is 2.41. The normalized spacial score (nSPS) is 12.9. The molecule has 7 nitrogen and oxygen atoms in total. The molecule has 0 saturated carbocycles. The molecule has 114 valence electrons. The Labute approximate surface area is 120 Å². The van der Waals surface area contributed by atoms with Crippen LogP contribution in [0, 0.1) is 0 Å². The maximum atomic E-state index is 10.8. The van der Waals surface area contributed by atoms with Gasteiger partial charge in [0.15, 0.2) is 0 Å². The minimum atomic E-state index is -1.26. The van der Waals surface area contributed by atoms with Crippen molar-refractivity contribution in [2.75, 3.05) is 0 Å². The molecule has 0 spiro atoms. The Morgan fingerprint density at radius 2 is 1.70 bits per heavy atom. The van der Waals surface area contributed by atoms with Crippen LogP contribution in [-0.2, 0) is 23.5 Å². The summed E-state index contributed by atoms with van der Waals surface area (Å²) in [5.41, 5.74) is 0. The van der Waals surface area contributed by atoms with E-state index in [0.717, 1.165) is 6.42 Å². The highest BCUT2D eigenvalue weighted by molar-refractivity contribution is 5.98. The predicted molar refractivity (Wildman–Crippen MR) is 75.3 cm³/mol. The second-order valence-electron chi connectivity index (χ2n) is 3.54. The Morgan fingerprint density at radius 3 is 1.95 bits per heavy atom. The molecule has 0 amide bonds. The van der Waals surface area contributed by atoms with Crippen molar-refractivity contribution >= 4 is 28.4 Å². The number of esters is 1. The van der Waals surface area contributed by atoms with E-state index in [0.29, 0.717) is 22.6 Å². The van der Waals surface area contributed by atoms with Crippen molar-refractivity contribution in [2.24, 2.45) is 0 Å². The van der Waals surface area contributed by atoms with E-state index in [1.165, 1.54) is 6.08 Å². The van der Waals surface area contributed by atoms with Gasteiger partial charge in [0, 0.05) is 18.2 Å². The van der Waals surface area contributed by atoms with E-state index in [-0.39, 0.29) is 18.2 Å². The van der Waals surface area contributed by atoms with Crippen molar-refractivity contribution in [3.8, 4) is 0 Å². The summed E-state index contributed by atoms with van der Waals surface area (Å²) in [6.07, 6.45) is 2.90. The van der Waals surface area contributed by atoms with Gasteiger partial charge in [-0.25, -0.2) is 14.4 Å². The number of carbonyl (C=O) groups is 3. The Kier molecular flexibility index (Phi) is 12.4. The van der Waals surface area contributed by atoms with Crippen LogP contribution in [0.3, 0.4) is 0 Å². The number of rotatable bonds is 7. The molecule has 0 rings (SSSR count). The molecule has 0 aliphatic carbocycles. The van der Waals surface area contributed by atoms with Crippen LogP contribution in [0.15, 0.2) is 24.8 Å². The molecule has 2 unspecified atom stereocenters. The van der Waals surface area contributed by atoms with Gasteiger partial charge in [0.1, 0.15) is 16.6 Å². The maximum Gasteiger partial charge on any atom is 0.330 e. The van der Waals surface area contributed by atoms with Gasteiger partial charge in [-0.2, -0.15) is 0 Å². The summed E-state index contributed by atoms with van der Waals surface area (Å²) in [5.74, 6) is -2.90. The first-order valence-corrected chi connectivity index (χ1v) is 6.59. The molecular formula is C12H20O7Si. The summed E-state index contributed by atoms with van der Waals surface area (Å²) in [6.45, 7) is 7.18. The number of hydrogen-bond acceptors (Lipinski definition) is 5. The van der Waals surface area contributed by atoms with Crippen LogP contribution in [0.5, 0.6) is 0 Å². The average molecular weight is 304 g/mol. The fraction of sp³-hybridized carbons (Fsp3) is 0.417. The molecule has 0 radical (unpaired) electrons. The largest absolute Gasteiger partial charge is 0.478 e. The highest BCUT2D eigenvalue weighted by atomic mass is 28.2. The van der Waals surface area contributed by atoms with Gasteiger partial charge in [-0.3, -0.25) is 0 Å². The fourth-order valence-corrected chi connectivity index (χ4v) is 1.31. The zero-order valence-electron chi connectivity index (χ0n) is 11.7. The lowest BCUT2D eigenvalue weighted by Gasteiger charge is -2.21. The van der Waals surface area contributed by atoms with Gasteiger partial charge in [0.2, 0.25) is 0 Å². The first-order chi connectivity index (χ1) is 9.28. The van der Waals surface area contributed by atoms with Crippen LogP contribution in [0.25, 0.3) is 0 Å². The lowest BCUT2D eigenvalue weighted by molar-refractivity contribution is -0.147. The third-order valence-electron chi connectivity index (χ3n) is 2.10. The maximum absolute atomic E-state index is 10.8. The molecule has 2 N–H and O–H groups in total. The standard InChI is InChI=1S/C8H16O3Si.C4H4O4/c1-4-7(6(3)11-12)10-8(9)5-2;5-3(6)1-2-4(7)8/h5-7H,2,4H2,1,3,12H3;1-2H,(H,5,6)(H,7,8)/b;2-1-. The third-order valence-corrected chi connectivity index (χ3v) is 2.84. The highest BCUT2D eigenvalue weighted by Gasteiger charge is 2.17. The number of ether oxygens (including phenoxy) is 1. The first kappa shape index (κ1) is 20.4. The van der Waals surface area contributed by atoms with E-state index in [2.05, 4.69) is 6.58 Å². The van der Waals surface area contributed by atoms with Crippen molar-refractivity contribution in [3.05, 3.63) is 24.8 Å². The number of carbonyl (C=O) groups excluding carboxylic acids is 1. The van der Waals surface area contributed by atoms with E-state index in [1.807, 2.05) is 13.8 Å². The van der Waals surface area contributed by atoms with Gasteiger partial charge in [0.05, 0.1) is 6.10 Å². The first-order valence-electron chi connectivity index (χ1n) is 5.78. The van der Waals surface area contributed by atoms with Crippen molar-refractivity contribution in [1.29, 1.82) is 0 Å². The van der Waals surface area contributed by atoms with Gasteiger partial charge in [-0.15, -0.1) is 0 Å². The van der Waals surface area contributed by atoms with Crippen LogP contribution < -0.4 is 0 Å². The summed E-state index contributed by atoms with van der Waals surface area (Å²) >= 11 is 0. The molecule has 2 atom stereocenters. The second-order valence-corrected chi connectivity index (χ2v) is 4.01. The van der Waals surface area contributed by atoms with Crippen LogP contribution in [-0.4, -0.2) is 50.8 Å². The highest BCUT2D eigenvalue weighted by Crippen LogP contribution is 2.07. The molecule has 8 heteroatoms. The van der Waals surface area contributed by atoms with Crippen LogP contribution in [0.2, 0.25) is 0 Å². The van der Waals surface area contributed by atoms with Gasteiger partial charge in [0.25, 0.3) is 0 Å². The number of hydrogen-bond donors (Lipinski definition) is 2. The minimum absolute atomic E-state index is 0.00873. The zero-order valence-corrected chi connectivity index (χ0v) is 13.7. The van der Waals surface area contributed by atoms with E-state index in [1.54, 1.807) is 0 Å². The second kappa shape index (κ2) is 12.1. The van der Waals surface area contributed by atoms with E-state index >= 15 is 0 Å². The van der Waals surface area contributed by atoms with E-state index < -0.39 is 11.9 Å². The summed E-state index contributed by atoms with van der Waals surface area (Å²) in [6, 6.07) is 0. The Morgan fingerprint density at radius 1 is 1.25 bits per heavy atom. The van der Waals surface area contributed by atoms with E-state index in [4.69, 9.17) is 19.4 Å². The van der Waals surface area contributed by atoms with E-state index in [9.17, 15) is 14.4 Å². The summed E-state index contributed by atoms with van der Waals surface area (Å²) in [5, 5.41) is 15.6. The minimum Gasteiger partial charge on any atom is -0.478 e. The monoisotopic (exact) mass is 304 g/mol. The topological polar surface area (TPSA) is 110 Å². The molecule has 0 bridgehead atoms. The fourth-order valence-electron chi connectivity index (χ4n) is 1.00. The molecule has 0 aromatic heterocycles. The molecule has 0 aromatic rings. The number of carboxylic acid groups (broad SMARTS) is 2. The summed E-state index contributed by atoms with van der Waals surface area (Å²) < 4.78 is 10.2.